The zero-order chi connectivity index (χ0) is 12.1. The highest BCUT2D eigenvalue weighted by Gasteiger charge is 2.11. The molecule has 3 nitrogen and oxygen atoms in total. The van der Waals surface area contributed by atoms with Crippen molar-refractivity contribution in [2.24, 2.45) is 0 Å². The van der Waals surface area contributed by atoms with Crippen LogP contribution < -0.4 is 9.47 Å². The molecule has 0 heterocycles. The van der Waals surface area contributed by atoms with Crippen LogP contribution in [-0.2, 0) is 0 Å². The highest BCUT2D eigenvalue weighted by Crippen LogP contribution is 2.34. The van der Waals surface area contributed by atoms with Crippen molar-refractivity contribution in [1.82, 2.24) is 0 Å². The first-order valence-corrected chi connectivity index (χ1v) is 5.90. The standard InChI is InChI=1S/C12H14BrNO2/c1-4-15-11-5-9(7-14)10(13)6-12(11)16-8(2)3/h5-6,8H,4H2,1-3H3. The summed E-state index contributed by atoms with van der Waals surface area (Å²) >= 11 is 3.32. The Morgan fingerprint density at radius 3 is 2.56 bits per heavy atom. The molecule has 0 radical (unpaired) electrons. The Morgan fingerprint density at radius 2 is 2.06 bits per heavy atom. The first-order valence-electron chi connectivity index (χ1n) is 5.11. The van der Waals surface area contributed by atoms with Crippen molar-refractivity contribution >= 4 is 15.9 Å². The minimum Gasteiger partial charge on any atom is -0.490 e. The molecule has 0 aliphatic heterocycles. The number of rotatable bonds is 4. The Hall–Kier alpha value is -1.21. The largest absolute Gasteiger partial charge is 0.490 e. The van der Waals surface area contributed by atoms with Crippen LogP contribution in [-0.4, -0.2) is 12.7 Å². The molecule has 0 spiro atoms. The van der Waals surface area contributed by atoms with Crippen LogP contribution >= 0.6 is 15.9 Å². The van der Waals surface area contributed by atoms with E-state index in [1.54, 1.807) is 12.1 Å². The van der Waals surface area contributed by atoms with Gasteiger partial charge in [-0.1, -0.05) is 0 Å². The molecule has 1 aromatic carbocycles. The monoisotopic (exact) mass is 283 g/mol. The number of hydrogen-bond acceptors (Lipinski definition) is 3. The van der Waals surface area contributed by atoms with Gasteiger partial charge in [0, 0.05) is 10.5 Å². The second-order valence-electron chi connectivity index (χ2n) is 3.49. The second kappa shape index (κ2) is 5.76. The molecular formula is C12H14BrNO2. The number of halogens is 1. The second-order valence-corrected chi connectivity index (χ2v) is 4.34. The summed E-state index contributed by atoms with van der Waals surface area (Å²) in [7, 11) is 0. The normalized spacial score (nSPS) is 10.0. The topological polar surface area (TPSA) is 42.2 Å². The fourth-order valence-electron chi connectivity index (χ4n) is 1.24. The Bertz CT molecular complexity index is 410. The molecule has 0 unspecified atom stereocenters. The van der Waals surface area contributed by atoms with Crippen LogP contribution in [0.15, 0.2) is 16.6 Å². The Kier molecular flexibility index (Phi) is 4.63. The molecule has 0 amide bonds. The number of ether oxygens (including phenoxy) is 2. The minimum atomic E-state index is 0.0686. The molecule has 1 aromatic rings. The molecule has 86 valence electrons. The van der Waals surface area contributed by atoms with Gasteiger partial charge in [-0.2, -0.15) is 5.26 Å². The van der Waals surface area contributed by atoms with Crippen LogP contribution in [0.1, 0.15) is 26.3 Å². The Morgan fingerprint density at radius 1 is 1.38 bits per heavy atom. The van der Waals surface area contributed by atoms with Gasteiger partial charge in [-0.15, -0.1) is 0 Å². The average Bonchev–Trinajstić information content (AvgIpc) is 2.21. The lowest BCUT2D eigenvalue weighted by Gasteiger charge is -2.15. The first-order chi connectivity index (χ1) is 7.58. The van der Waals surface area contributed by atoms with Crippen LogP contribution in [0.5, 0.6) is 11.5 Å². The molecular weight excluding hydrogens is 270 g/mol. The minimum absolute atomic E-state index is 0.0686. The molecule has 1 rings (SSSR count). The third kappa shape index (κ3) is 3.14. The molecule has 0 saturated carbocycles. The van der Waals surface area contributed by atoms with E-state index in [4.69, 9.17) is 14.7 Å². The van der Waals surface area contributed by atoms with Gasteiger partial charge in [0.15, 0.2) is 11.5 Å². The van der Waals surface area contributed by atoms with E-state index in [0.717, 1.165) is 0 Å². The van der Waals surface area contributed by atoms with E-state index in [2.05, 4.69) is 22.0 Å². The lowest BCUT2D eigenvalue weighted by Crippen LogP contribution is -2.07. The van der Waals surface area contributed by atoms with Gasteiger partial charge in [-0.3, -0.25) is 0 Å². The van der Waals surface area contributed by atoms with E-state index in [1.165, 1.54) is 0 Å². The number of benzene rings is 1. The zero-order valence-electron chi connectivity index (χ0n) is 9.58. The van der Waals surface area contributed by atoms with E-state index in [1.807, 2.05) is 20.8 Å². The maximum Gasteiger partial charge on any atom is 0.162 e. The summed E-state index contributed by atoms with van der Waals surface area (Å²) < 4.78 is 11.8. The molecule has 0 bridgehead atoms. The van der Waals surface area contributed by atoms with Gasteiger partial charge >= 0.3 is 0 Å². The quantitative estimate of drug-likeness (QED) is 0.849. The fourth-order valence-corrected chi connectivity index (χ4v) is 1.65. The lowest BCUT2D eigenvalue weighted by atomic mass is 10.2. The summed E-state index contributed by atoms with van der Waals surface area (Å²) in [6.45, 7) is 6.33. The molecule has 0 aliphatic carbocycles. The highest BCUT2D eigenvalue weighted by molar-refractivity contribution is 9.10. The van der Waals surface area contributed by atoms with Crippen molar-refractivity contribution in [3.05, 3.63) is 22.2 Å². The van der Waals surface area contributed by atoms with Crippen molar-refractivity contribution in [1.29, 1.82) is 5.26 Å². The van der Waals surface area contributed by atoms with Gasteiger partial charge in [0.25, 0.3) is 0 Å². The van der Waals surface area contributed by atoms with Gasteiger partial charge in [0.2, 0.25) is 0 Å². The van der Waals surface area contributed by atoms with Crippen LogP contribution in [0, 0.1) is 11.3 Å². The van der Waals surface area contributed by atoms with Crippen LogP contribution in [0.4, 0.5) is 0 Å². The van der Waals surface area contributed by atoms with Gasteiger partial charge in [-0.25, -0.2) is 0 Å². The zero-order valence-corrected chi connectivity index (χ0v) is 11.2. The lowest BCUT2D eigenvalue weighted by molar-refractivity contribution is 0.223. The summed E-state index contributed by atoms with van der Waals surface area (Å²) in [5.41, 5.74) is 0.541. The summed E-state index contributed by atoms with van der Waals surface area (Å²) in [4.78, 5) is 0. The van der Waals surface area contributed by atoms with Crippen LogP contribution in [0.25, 0.3) is 0 Å². The predicted octanol–water partition coefficient (Wildman–Crippen LogP) is 3.51. The molecule has 0 atom stereocenters. The average molecular weight is 284 g/mol. The smallest absolute Gasteiger partial charge is 0.162 e. The van der Waals surface area contributed by atoms with E-state index >= 15 is 0 Å². The van der Waals surface area contributed by atoms with Crippen molar-refractivity contribution < 1.29 is 9.47 Å². The Balaban J connectivity index is 3.14. The van der Waals surface area contributed by atoms with Crippen molar-refractivity contribution in [3.8, 4) is 17.6 Å². The van der Waals surface area contributed by atoms with Gasteiger partial charge in [-0.05, 0) is 42.8 Å². The molecule has 0 N–H and O–H groups in total. The van der Waals surface area contributed by atoms with Crippen molar-refractivity contribution in [2.45, 2.75) is 26.9 Å². The third-order valence-electron chi connectivity index (χ3n) is 1.82. The summed E-state index contributed by atoms with van der Waals surface area (Å²) in [6, 6.07) is 5.55. The van der Waals surface area contributed by atoms with Gasteiger partial charge in [0.05, 0.1) is 18.3 Å². The molecule has 0 saturated heterocycles. The van der Waals surface area contributed by atoms with Crippen LogP contribution in [0.2, 0.25) is 0 Å². The highest BCUT2D eigenvalue weighted by atomic mass is 79.9. The molecule has 0 fully saturated rings. The van der Waals surface area contributed by atoms with Crippen molar-refractivity contribution in [3.63, 3.8) is 0 Å². The molecule has 16 heavy (non-hydrogen) atoms. The van der Waals surface area contributed by atoms with E-state index in [0.29, 0.717) is 28.1 Å². The van der Waals surface area contributed by atoms with E-state index in [-0.39, 0.29) is 6.10 Å². The maximum atomic E-state index is 8.91. The SMILES string of the molecule is CCOc1cc(C#N)c(Br)cc1OC(C)C. The third-order valence-corrected chi connectivity index (χ3v) is 2.47. The summed E-state index contributed by atoms with van der Waals surface area (Å²) in [5.74, 6) is 1.26. The predicted molar refractivity (Wildman–Crippen MR) is 65.8 cm³/mol. The fraction of sp³-hybridized carbons (Fsp3) is 0.417. The Labute approximate surface area is 104 Å². The molecule has 0 aliphatic rings. The summed E-state index contributed by atoms with van der Waals surface area (Å²) in [6.07, 6.45) is 0.0686. The van der Waals surface area contributed by atoms with Crippen LogP contribution in [0.3, 0.4) is 0 Å². The number of hydrogen-bond donors (Lipinski definition) is 0. The van der Waals surface area contributed by atoms with Gasteiger partial charge < -0.3 is 9.47 Å². The van der Waals surface area contributed by atoms with E-state index < -0.39 is 0 Å². The molecule has 0 aromatic heterocycles. The van der Waals surface area contributed by atoms with Gasteiger partial charge in [0.1, 0.15) is 6.07 Å². The maximum absolute atomic E-state index is 8.91. The number of nitrogens with zero attached hydrogens (tertiary/aromatic N) is 1. The van der Waals surface area contributed by atoms with E-state index in [9.17, 15) is 0 Å². The molecule has 4 heteroatoms. The van der Waals surface area contributed by atoms with Crippen molar-refractivity contribution in [2.75, 3.05) is 6.61 Å². The number of nitriles is 1. The first kappa shape index (κ1) is 12.9. The summed E-state index contributed by atoms with van der Waals surface area (Å²) in [5, 5.41) is 8.91.